The Morgan fingerprint density at radius 2 is 0.627 bits per heavy atom. The van der Waals surface area contributed by atoms with Gasteiger partial charge < -0.3 is 9.47 Å². The van der Waals surface area contributed by atoms with E-state index in [1.54, 1.807) is 0 Å². The molecule has 0 aromatic heterocycles. The molecule has 59 heavy (non-hydrogen) atoms. The van der Waals surface area contributed by atoms with Crippen molar-refractivity contribution in [2.45, 2.75) is 19.1 Å². The van der Waals surface area contributed by atoms with Gasteiger partial charge in [-0.05, 0) is 359 Å². The molecule has 0 atom stereocenters. The first kappa shape index (κ1) is 51.6. The molecule has 0 aliphatic heterocycles. The molecule has 0 saturated heterocycles. The van der Waals surface area contributed by atoms with E-state index in [0.29, 0.717) is 14.3 Å². The van der Waals surface area contributed by atoms with Gasteiger partial charge in [0.25, 0.3) is 0 Å². The Balaban J connectivity index is 1.28. The maximum Gasteiger partial charge on any atom is 0.573 e. The Morgan fingerprint density at radius 3 is 0.898 bits per heavy atom. The smallest absolute Gasteiger partial charge is 0.406 e. The normalized spacial score (nSPS) is 12.0. The molecule has 6 aromatic carbocycles. The summed E-state index contributed by atoms with van der Waals surface area (Å²) in [5.74, 6) is -0.480. The van der Waals surface area contributed by atoms with E-state index in [-0.39, 0.29) is 11.5 Å². The van der Waals surface area contributed by atoms with Crippen LogP contribution in [0.1, 0.15) is 11.1 Å². The first-order chi connectivity index (χ1) is 27.4. The monoisotopic (exact) mass is 2150 g/mol. The van der Waals surface area contributed by atoms with E-state index in [0.717, 1.165) is 79.5 Å². The second-order valence-corrected chi connectivity index (χ2v) is 25.8. The molecule has 0 amide bonds. The first-order valence-electron chi connectivity index (χ1n) is 15.9. The molecule has 6 aromatic rings. The van der Waals surface area contributed by atoms with Crippen molar-refractivity contribution in [2.75, 3.05) is 0 Å². The lowest BCUT2D eigenvalue weighted by molar-refractivity contribution is -0.275. The number of benzene rings is 6. The molecule has 0 unspecified atom stereocenters. The Hall–Kier alpha value is 3.26. The summed E-state index contributed by atoms with van der Waals surface area (Å²) in [5.41, 5.74) is 10.4. The van der Waals surface area contributed by atoms with Gasteiger partial charge in [0, 0.05) is 65.1 Å². The van der Waals surface area contributed by atoms with E-state index in [1.165, 1.54) is 35.4 Å². The molecule has 2 nitrogen and oxygen atoms in total. The van der Waals surface area contributed by atoms with Gasteiger partial charge in [-0.25, -0.2) is 0 Å². The quantitative estimate of drug-likeness (QED) is 0.112. The lowest BCUT2D eigenvalue weighted by Gasteiger charge is -2.19. The van der Waals surface area contributed by atoms with Crippen LogP contribution in [-0.2, 0) is 6.42 Å². The summed E-state index contributed by atoms with van der Waals surface area (Å²) >= 11 is 27.4. The summed E-state index contributed by atoms with van der Waals surface area (Å²) in [6, 6.07) is 22.7. The zero-order valence-corrected chi connectivity index (χ0v) is 54.1. The van der Waals surface area contributed by atoms with Crippen LogP contribution in [0.15, 0.2) is 72.8 Å². The summed E-state index contributed by atoms with van der Waals surface area (Å²) < 4.78 is 97.3. The average Bonchev–Trinajstić information content (AvgIpc) is 3.08. The van der Waals surface area contributed by atoms with Crippen LogP contribution in [0.25, 0.3) is 44.5 Å². The topological polar surface area (TPSA) is 18.5 Å². The summed E-state index contributed by atoms with van der Waals surface area (Å²) in [6.07, 6.45) is -8.79. The number of alkyl halides is 6. The summed E-state index contributed by atoms with van der Waals surface area (Å²) in [5, 5.41) is 0. The fourth-order valence-corrected chi connectivity index (χ4v) is 18.3. The number of hydrogen-bond acceptors (Lipinski definition) is 2. The van der Waals surface area contributed by atoms with Gasteiger partial charge in [-0.1, -0.05) is 24.3 Å². The van der Waals surface area contributed by atoms with Crippen LogP contribution in [0, 0.1) is 42.8 Å². The van der Waals surface area contributed by atoms with E-state index >= 15 is 0 Å². The van der Waals surface area contributed by atoms with Gasteiger partial charge >= 0.3 is 12.7 Å². The minimum atomic E-state index is -4.76. The van der Waals surface area contributed by atoms with Crippen molar-refractivity contribution in [1.82, 2.24) is 0 Å². The predicted molar refractivity (Wildman–Crippen MR) is 323 cm³/mol. The van der Waals surface area contributed by atoms with Crippen LogP contribution in [0.4, 0.5) is 26.3 Å². The second-order valence-electron chi connectivity index (χ2n) is 12.2. The van der Waals surface area contributed by atoms with Gasteiger partial charge in [0.05, 0.1) is 0 Å². The van der Waals surface area contributed by atoms with Gasteiger partial charge in [0.15, 0.2) is 0 Å². The molecule has 0 saturated carbocycles. The fourth-order valence-electron chi connectivity index (χ4n) is 6.03. The Bertz CT molecular complexity index is 2390. The van der Waals surface area contributed by atoms with E-state index in [4.69, 9.17) is 0 Å². The number of ether oxygens (including phenoxy) is 2. The van der Waals surface area contributed by atoms with E-state index in [2.05, 4.69) is 329 Å². The van der Waals surface area contributed by atoms with Crippen molar-refractivity contribution in [1.29, 1.82) is 0 Å². The molecule has 0 heterocycles. The number of hydrogen-bond donors (Lipinski definition) is 0. The minimum Gasteiger partial charge on any atom is -0.406 e. The molecule has 20 heteroatoms. The highest BCUT2D eigenvalue weighted by molar-refractivity contribution is 14.1. The average molecular weight is 2150 g/mol. The van der Waals surface area contributed by atoms with E-state index in [9.17, 15) is 26.3 Å². The van der Waals surface area contributed by atoms with Gasteiger partial charge in [-0.3, -0.25) is 0 Å². The Morgan fingerprint density at radius 1 is 0.356 bits per heavy atom. The molecular weight excluding hydrogens is 2140 g/mol. The zero-order valence-electron chi connectivity index (χ0n) is 28.3. The molecule has 0 radical (unpaired) electrons. The van der Waals surface area contributed by atoms with Crippen LogP contribution >= 0.6 is 271 Å². The highest BCUT2D eigenvalue weighted by atomic mass is 127. The largest absolute Gasteiger partial charge is 0.573 e. The Kier molecular flexibility index (Phi) is 18.6. The van der Waals surface area contributed by atoms with Crippen molar-refractivity contribution >= 4 is 271 Å². The molecule has 0 fully saturated rings. The molecule has 0 bridgehead atoms. The minimum absolute atomic E-state index is 0.240. The van der Waals surface area contributed by atoms with Crippen molar-refractivity contribution in [3.05, 3.63) is 127 Å². The lowest BCUT2D eigenvalue weighted by atomic mass is 9.96. The van der Waals surface area contributed by atoms with Crippen molar-refractivity contribution in [3.63, 3.8) is 0 Å². The summed E-state index contributed by atoms with van der Waals surface area (Å²) in [6.45, 7) is 0. The predicted octanol–water partition coefficient (Wildman–Crippen LogP) is 19.0. The number of halogens is 18. The maximum atomic E-state index is 12.9. The highest BCUT2D eigenvalue weighted by Crippen LogP contribution is 2.44. The molecule has 6 rings (SSSR count). The van der Waals surface area contributed by atoms with Crippen LogP contribution in [0.2, 0.25) is 0 Å². The van der Waals surface area contributed by atoms with E-state index < -0.39 is 12.7 Å². The summed E-state index contributed by atoms with van der Waals surface area (Å²) in [4.78, 5) is 0. The van der Waals surface area contributed by atoms with Crippen LogP contribution < -0.4 is 9.47 Å². The SMILES string of the molecule is FC(F)(F)Oc1cc(I)c(-c2cc(I)c(-c3ccc(Cc4ccc(-c5c(I)cc(-c6c(I)cc(OC(F)(F)F)cc6I)cc5I)c(I)c4I)c(I)c3I)c(I)c2)c(I)c1. The van der Waals surface area contributed by atoms with Gasteiger partial charge in [-0.15, -0.1) is 26.3 Å². The van der Waals surface area contributed by atoms with Crippen molar-refractivity contribution in [2.24, 2.45) is 0 Å². The van der Waals surface area contributed by atoms with Crippen LogP contribution in [-0.4, -0.2) is 12.7 Å². The Labute approximate surface area is 498 Å². The third kappa shape index (κ3) is 12.5. The van der Waals surface area contributed by atoms with Gasteiger partial charge in [0.2, 0.25) is 0 Å². The van der Waals surface area contributed by atoms with Crippen molar-refractivity contribution in [3.8, 4) is 56.0 Å². The van der Waals surface area contributed by atoms with Crippen molar-refractivity contribution < 1.29 is 35.8 Å². The standard InChI is InChI=1S/C39H14F6I12O2/c40-38(41,42)58-18-10-26(50)30(27(51)11-18)16-6-22(46)32(23(47)7-16)20-3-1-14(34(54)36(20)56)5-15-2-4-21(37(57)35(15)55)33-24(48)8-17(9-25(33)49)31-28(52)12-19(13-29(31)53)59-39(43,44)45/h1-4,6-13H,5H2. The molecule has 0 aliphatic carbocycles. The molecule has 0 spiro atoms. The maximum absolute atomic E-state index is 12.9. The third-order valence-electron chi connectivity index (χ3n) is 8.40. The molecular formula is C39H14F6I12O2. The summed E-state index contributed by atoms with van der Waals surface area (Å²) in [7, 11) is 0. The lowest BCUT2D eigenvalue weighted by Crippen LogP contribution is -2.17. The highest BCUT2D eigenvalue weighted by Gasteiger charge is 2.33. The van der Waals surface area contributed by atoms with Gasteiger partial charge in [0.1, 0.15) is 11.5 Å². The number of rotatable bonds is 8. The zero-order chi connectivity index (χ0) is 43.5. The molecule has 0 aliphatic rings. The van der Waals surface area contributed by atoms with Gasteiger partial charge in [-0.2, -0.15) is 0 Å². The first-order valence-corrected chi connectivity index (χ1v) is 28.8. The van der Waals surface area contributed by atoms with E-state index in [1.807, 2.05) is 0 Å². The van der Waals surface area contributed by atoms with Crippen LogP contribution in [0.5, 0.6) is 11.5 Å². The molecule has 0 N–H and O–H groups in total. The fraction of sp³-hybridized carbons (Fsp3) is 0.0769. The van der Waals surface area contributed by atoms with Crippen LogP contribution in [0.3, 0.4) is 0 Å². The third-order valence-corrected chi connectivity index (χ3v) is 22.0. The second kappa shape index (κ2) is 21.3. The molecule has 308 valence electrons.